The van der Waals surface area contributed by atoms with Crippen LogP contribution in [-0.2, 0) is 9.53 Å². The van der Waals surface area contributed by atoms with Gasteiger partial charge in [0.25, 0.3) is 0 Å². The first kappa shape index (κ1) is 4.30. The molecular weight excluding hydrogens is 96.0 g/mol. The van der Waals surface area contributed by atoms with Crippen LogP contribution in [-0.4, -0.2) is 16.7 Å². The van der Waals surface area contributed by atoms with Crippen LogP contribution in [0.5, 0.6) is 0 Å². The van der Waals surface area contributed by atoms with Crippen LogP contribution in [0, 0.1) is 0 Å². The van der Waals surface area contributed by atoms with Crippen molar-refractivity contribution in [1.82, 2.24) is 0 Å². The zero-order valence-electron chi connectivity index (χ0n) is 3.68. The molecule has 3 heteroatoms. The Kier molecular flexibility index (Phi) is 0.817. The van der Waals surface area contributed by atoms with Gasteiger partial charge in [-0.3, -0.25) is 0 Å². The Morgan fingerprint density at radius 2 is 2.29 bits per heavy atom. The molecule has 7 heavy (non-hydrogen) atoms. The predicted octanol–water partition coefficient (Wildman–Crippen LogP) is -0.174. The van der Waals surface area contributed by atoms with Gasteiger partial charge >= 0.3 is 11.9 Å². The molecule has 1 aliphatic heterocycles. The molecule has 1 rings (SSSR count). The second-order valence-corrected chi connectivity index (χ2v) is 1.37. The summed E-state index contributed by atoms with van der Waals surface area (Å²) in [5.74, 6) is -0.484. The van der Waals surface area contributed by atoms with Crippen molar-refractivity contribution in [3.05, 3.63) is 0 Å². The van der Waals surface area contributed by atoms with Crippen LogP contribution in [0.25, 0.3) is 0 Å². The largest absolute Gasteiger partial charge is 0.492 e. The van der Waals surface area contributed by atoms with E-state index in [9.17, 15) is 4.79 Å². The van der Waals surface area contributed by atoms with Crippen LogP contribution in [0.1, 0.15) is 12.8 Å². The van der Waals surface area contributed by atoms with Crippen LogP contribution in [0.2, 0.25) is 0 Å². The Hall–Kier alpha value is -0.860. The fourth-order valence-corrected chi connectivity index (χ4v) is 0.442. The second kappa shape index (κ2) is 1.33. The number of rotatable bonds is 0. The molecule has 0 aromatic carbocycles. The van der Waals surface area contributed by atoms with E-state index in [1.807, 2.05) is 0 Å². The summed E-state index contributed by atoms with van der Waals surface area (Å²) in [5.41, 5.74) is 0. The van der Waals surface area contributed by atoms with Crippen LogP contribution in [0.4, 0.5) is 0 Å². The molecular formula is C4H5O3+. The van der Waals surface area contributed by atoms with Crippen molar-refractivity contribution in [2.24, 2.45) is 0 Å². The van der Waals surface area contributed by atoms with Gasteiger partial charge in [-0.2, -0.15) is 0 Å². The van der Waals surface area contributed by atoms with Gasteiger partial charge in [0.1, 0.15) is 6.42 Å². The Morgan fingerprint density at radius 1 is 1.57 bits per heavy atom. The lowest BCUT2D eigenvalue weighted by Crippen LogP contribution is -1.95. The maximum Gasteiger partial charge on any atom is 0.492 e. The molecule has 1 fully saturated rings. The van der Waals surface area contributed by atoms with Crippen LogP contribution in [0.15, 0.2) is 0 Å². The third-order valence-corrected chi connectivity index (χ3v) is 0.775. The Bertz CT molecular complexity index is 102. The Labute approximate surface area is 40.3 Å². The highest BCUT2D eigenvalue weighted by molar-refractivity contribution is 5.93. The van der Waals surface area contributed by atoms with Crippen molar-refractivity contribution in [2.75, 3.05) is 0 Å². The zero-order valence-corrected chi connectivity index (χ0v) is 3.68. The van der Waals surface area contributed by atoms with Crippen molar-refractivity contribution in [3.63, 3.8) is 0 Å². The van der Waals surface area contributed by atoms with Gasteiger partial charge < -0.3 is 4.79 Å². The summed E-state index contributed by atoms with van der Waals surface area (Å²) >= 11 is 0. The van der Waals surface area contributed by atoms with Crippen molar-refractivity contribution in [2.45, 2.75) is 12.8 Å². The molecule has 0 spiro atoms. The van der Waals surface area contributed by atoms with E-state index >= 15 is 0 Å². The van der Waals surface area contributed by atoms with Crippen molar-refractivity contribution in [3.8, 4) is 0 Å². The highest BCUT2D eigenvalue weighted by Crippen LogP contribution is 2.03. The average molecular weight is 101 g/mol. The molecule has 0 amide bonds. The Morgan fingerprint density at radius 3 is 2.43 bits per heavy atom. The maximum atomic E-state index is 10.1. The van der Waals surface area contributed by atoms with Crippen molar-refractivity contribution in [1.29, 1.82) is 0 Å². The first-order chi connectivity index (χ1) is 3.29. The third kappa shape index (κ3) is 0.765. The number of carbonyl (C=O) groups excluding carboxylic acids is 2. The molecule has 1 heterocycles. The summed E-state index contributed by atoms with van der Waals surface area (Å²) < 4.78 is 4.19. The summed E-state index contributed by atoms with van der Waals surface area (Å²) in [5, 5.41) is 0. The lowest BCUT2D eigenvalue weighted by Gasteiger charge is -1.67. The van der Waals surface area contributed by atoms with E-state index in [1.54, 1.807) is 0 Å². The van der Waals surface area contributed by atoms with Gasteiger partial charge in [0.05, 0.1) is 6.42 Å². The zero-order chi connectivity index (χ0) is 5.28. The van der Waals surface area contributed by atoms with Gasteiger partial charge in [-0.25, -0.2) is 9.53 Å². The van der Waals surface area contributed by atoms with E-state index in [0.29, 0.717) is 12.8 Å². The Balaban J connectivity index is 2.55. The van der Waals surface area contributed by atoms with E-state index in [-0.39, 0.29) is 11.9 Å². The minimum absolute atomic E-state index is 0.148. The molecule has 0 bridgehead atoms. The van der Waals surface area contributed by atoms with Crippen LogP contribution in [0.3, 0.4) is 0 Å². The summed E-state index contributed by atoms with van der Waals surface area (Å²) in [7, 11) is 0. The first-order valence-electron chi connectivity index (χ1n) is 2.04. The number of ether oxygens (including phenoxy) is 1. The third-order valence-electron chi connectivity index (χ3n) is 0.775. The average Bonchev–Trinajstić information content (AvgIpc) is 1.87. The van der Waals surface area contributed by atoms with E-state index in [1.165, 1.54) is 0 Å². The molecule has 0 aromatic heterocycles. The van der Waals surface area contributed by atoms with E-state index < -0.39 is 0 Å². The van der Waals surface area contributed by atoms with Crippen molar-refractivity contribution < 1.29 is 14.3 Å². The SMILES string of the molecule is O=C1CCC(=[OH+])O1. The molecule has 0 saturated carbocycles. The summed E-state index contributed by atoms with van der Waals surface area (Å²) in [4.78, 5) is 18.4. The molecule has 0 atom stereocenters. The smallest absolute Gasteiger partial charge is 0.339 e. The predicted molar refractivity (Wildman–Crippen MR) is 22.3 cm³/mol. The number of carbonyl (C=O) groups is 1. The van der Waals surface area contributed by atoms with Gasteiger partial charge in [-0.05, 0) is 0 Å². The minimum Gasteiger partial charge on any atom is -0.339 e. The van der Waals surface area contributed by atoms with E-state index in [4.69, 9.17) is 4.79 Å². The normalized spacial score (nSPS) is 20.0. The molecule has 38 valence electrons. The lowest BCUT2D eigenvalue weighted by atomic mass is 10.4. The van der Waals surface area contributed by atoms with Crippen LogP contribution >= 0.6 is 0 Å². The summed E-state index contributed by atoms with van der Waals surface area (Å²) in [6.45, 7) is 0. The first-order valence-corrected chi connectivity index (χ1v) is 2.04. The fraction of sp³-hybridized carbons (Fsp3) is 0.500. The number of hydrogen-bond acceptors (Lipinski definition) is 2. The quantitative estimate of drug-likeness (QED) is 0.241. The topological polar surface area (TPSA) is 47.7 Å². The summed E-state index contributed by atoms with van der Waals surface area (Å²) in [6, 6.07) is 0. The lowest BCUT2D eigenvalue weighted by molar-refractivity contribution is -0.133. The number of esters is 2. The highest BCUT2D eigenvalue weighted by Gasteiger charge is 2.29. The molecule has 1 aliphatic rings. The fourth-order valence-electron chi connectivity index (χ4n) is 0.442. The van der Waals surface area contributed by atoms with E-state index in [2.05, 4.69) is 4.74 Å². The molecule has 3 nitrogen and oxygen atoms in total. The number of cyclic esters (lactones) is 2. The van der Waals surface area contributed by atoms with Gasteiger partial charge in [0, 0.05) is 0 Å². The summed E-state index contributed by atoms with van der Waals surface area (Å²) in [6.07, 6.45) is 0.699. The maximum absolute atomic E-state index is 10.1. The van der Waals surface area contributed by atoms with Crippen molar-refractivity contribution >= 4 is 11.9 Å². The molecule has 1 saturated heterocycles. The van der Waals surface area contributed by atoms with Gasteiger partial charge in [0.2, 0.25) is 0 Å². The highest BCUT2D eigenvalue weighted by atomic mass is 16.6. The molecule has 1 N–H and O–H groups in total. The van der Waals surface area contributed by atoms with Crippen LogP contribution < -0.4 is 0 Å². The van der Waals surface area contributed by atoms with Gasteiger partial charge in [-0.1, -0.05) is 0 Å². The monoisotopic (exact) mass is 101 g/mol. The van der Waals surface area contributed by atoms with Gasteiger partial charge in [-0.15, -0.1) is 0 Å². The minimum atomic E-state index is -0.336. The molecule has 0 aromatic rings. The molecule has 0 aliphatic carbocycles. The molecule has 0 unspecified atom stereocenters. The standard InChI is InChI=1S/C4H4O3/c5-3-1-2-4(6)7-3/h1-2H2/p+1. The van der Waals surface area contributed by atoms with Gasteiger partial charge in [0.15, 0.2) is 0 Å². The number of hydrogen-bond donors (Lipinski definition) is 0. The molecule has 0 radical (unpaired) electrons. The second-order valence-electron chi connectivity index (χ2n) is 1.37. The van der Waals surface area contributed by atoms with E-state index in [0.717, 1.165) is 0 Å².